The van der Waals surface area contributed by atoms with Crippen molar-refractivity contribution in [3.05, 3.63) is 65.7 Å². The molecule has 0 aliphatic carbocycles. The van der Waals surface area contributed by atoms with E-state index in [0.717, 1.165) is 11.1 Å². The standard InChI is InChI=1S/C20H22BrNO5S/c1-13-7-9-15(10-8-13)28(23,24)22-18-17(21)20-26-12-16(27-20)19(18)25-11-14-5-3-2-4-6-14/h2-10,16-20,22H,11-12H2,1H3/t16-,17-,18-,19-,20-/m1/s1. The van der Waals surface area contributed by atoms with Crippen LogP contribution in [0.25, 0.3) is 0 Å². The van der Waals surface area contributed by atoms with Gasteiger partial charge in [0.25, 0.3) is 0 Å². The van der Waals surface area contributed by atoms with Crippen LogP contribution in [0.1, 0.15) is 11.1 Å². The van der Waals surface area contributed by atoms with Gasteiger partial charge in [0.2, 0.25) is 10.0 Å². The molecule has 0 spiro atoms. The maximum Gasteiger partial charge on any atom is 0.240 e. The zero-order valence-electron chi connectivity index (χ0n) is 15.3. The first kappa shape index (κ1) is 20.0. The molecule has 0 unspecified atom stereocenters. The maximum absolute atomic E-state index is 12.9. The van der Waals surface area contributed by atoms with Crippen LogP contribution in [0, 0.1) is 6.92 Å². The lowest BCUT2D eigenvalue weighted by Crippen LogP contribution is -2.60. The molecular formula is C20H22BrNO5S. The average molecular weight is 468 g/mol. The summed E-state index contributed by atoms with van der Waals surface area (Å²) in [6.45, 7) is 2.65. The largest absolute Gasteiger partial charge is 0.369 e. The molecule has 0 radical (unpaired) electrons. The first-order chi connectivity index (χ1) is 13.4. The number of rotatable bonds is 6. The smallest absolute Gasteiger partial charge is 0.240 e. The predicted octanol–water partition coefficient (Wildman–Crippen LogP) is 2.75. The van der Waals surface area contributed by atoms with Crippen LogP contribution < -0.4 is 4.72 Å². The summed E-state index contributed by atoms with van der Waals surface area (Å²) in [4.78, 5) is -0.147. The van der Waals surface area contributed by atoms with E-state index >= 15 is 0 Å². The van der Waals surface area contributed by atoms with Crippen molar-refractivity contribution in [1.82, 2.24) is 4.72 Å². The molecule has 2 aromatic carbocycles. The Morgan fingerprint density at radius 3 is 2.57 bits per heavy atom. The highest BCUT2D eigenvalue weighted by atomic mass is 79.9. The molecule has 4 rings (SSSR count). The van der Waals surface area contributed by atoms with Gasteiger partial charge >= 0.3 is 0 Å². The van der Waals surface area contributed by atoms with Crippen LogP contribution >= 0.6 is 15.9 Å². The van der Waals surface area contributed by atoms with Crippen molar-refractivity contribution in [2.75, 3.05) is 6.61 Å². The molecule has 6 nitrogen and oxygen atoms in total. The van der Waals surface area contributed by atoms with Crippen molar-refractivity contribution in [1.29, 1.82) is 0 Å². The Morgan fingerprint density at radius 2 is 1.86 bits per heavy atom. The minimum Gasteiger partial charge on any atom is -0.369 e. The zero-order valence-corrected chi connectivity index (χ0v) is 17.7. The van der Waals surface area contributed by atoms with Crippen molar-refractivity contribution in [2.24, 2.45) is 0 Å². The first-order valence-electron chi connectivity index (χ1n) is 9.10. The molecule has 2 bridgehead atoms. The second-order valence-corrected chi connectivity index (χ2v) is 9.81. The third-order valence-electron chi connectivity index (χ3n) is 4.96. The van der Waals surface area contributed by atoms with E-state index in [1.165, 1.54) is 0 Å². The molecule has 2 aliphatic heterocycles. The molecule has 2 aromatic rings. The highest BCUT2D eigenvalue weighted by molar-refractivity contribution is 9.09. The molecule has 0 aromatic heterocycles. The van der Waals surface area contributed by atoms with Gasteiger partial charge in [-0.1, -0.05) is 64.0 Å². The Labute approximate surface area is 173 Å². The van der Waals surface area contributed by atoms with Crippen LogP contribution in [-0.4, -0.2) is 44.4 Å². The van der Waals surface area contributed by atoms with Crippen LogP contribution in [0.2, 0.25) is 0 Å². The van der Waals surface area contributed by atoms with Gasteiger partial charge in [0.05, 0.1) is 29.0 Å². The van der Waals surface area contributed by atoms with E-state index < -0.39 is 28.5 Å². The predicted molar refractivity (Wildman–Crippen MR) is 108 cm³/mol. The number of sulfonamides is 1. The fraction of sp³-hybridized carbons (Fsp3) is 0.400. The molecular weight excluding hydrogens is 446 g/mol. The number of halogens is 1. The summed E-state index contributed by atoms with van der Waals surface area (Å²) in [5.41, 5.74) is 2.01. The van der Waals surface area contributed by atoms with Gasteiger partial charge in [0.15, 0.2) is 6.29 Å². The molecule has 2 saturated heterocycles. The monoisotopic (exact) mass is 467 g/mol. The van der Waals surface area contributed by atoms with Crippen LogP contribution in [0.15, 0.2) is 59.5 Å². The van der Waals surface area contributed by atoms with Gasteiger partial charge in [-0.2, -0.15) is 0 Å². The summed E-state index contributed by atoms with van der Waals surface area (Å²) in [6, 6.07) is 16.0. The van der Waals surface area contributed by atoms with E-state index in [-0.39, 0.29) is 15.8 Å². The number of hydrogen-bond donors (Lipinski definition) is 1. The number of nitrogens with one attached hydrogen (secondary N) is 1. The quantitative estimate of drug-likeness (QED) is 0.661. The van der Waals surface area contributed by atoms with Crippen LogP contribution in [0.5, 0.6) is 0 Å². The molecule has 2 heterocycles. The SMILES string of the molecule is Cc1ccc(S(=O)(=O)N[C@@H]2[C@@H](Br)[C@@H]3OC[C@@H](O3)[C@H]2OCc2ccccc2)cc1. The van der Waals surface area contributed by atoms with Gasteiger partial charge in [-0.05, 0) is 24.6 Å². The van der Waals surface area contributed by atoms with Crippen LogP contribution in [0.3, 0.4) is 0 Å². The fourth-order valence-corrected chi connectivity index (χ4v) is 5.59. The van der Waals surface area contributed by atoms with E-state index in [4.69, 9.17) is 14.2 Å². The van der Waals surface area contributed by atoms with Gasteiger partial charge in [-0.15, -0.1) is 0 Å². The number of aryl methyl sites for hydroxylation is 1. The second kappa shape index (κ2) is 8.22. The van der Waals surface area contributed by atoms with E-state index in [1.807, 2.05) is 37.3 Å². The van der Waals surface area contributed by atoms with E-state index in [2.05, 4.69) is 20.7 Å². The molecule has 5 atom stereocenters. The summed E-state index contributed by atoms with van der Waals surface area (Å²) in [5.74, 6) is 0. The van der Waals surface area contributed by atoms with Crippen LogP contribution in [0.4, 0.5) is 0 Å². The number of ether oxygens (including phenoxy) is 3. The van der Waals surface area contributed by atoms with Crippen molar-refractivity contribution in [3.8, 4) is 0 Å². The molecule has 1 N–H and O–H groups in total. The summed E-state index contributed by atoms with van der Waals surface area (Å²) >= 11 is 3.55. The van der Waals surface area contributed by atoms with Gasteiger partial charge in [0, 0.05) is 0 Å². The summed E-state index contributed by atoms with van der Waals surface area (Å²) in [6.07, 6.45) is -1.32. The number of fused-ring (bicyclic) bond motifs is 2. The lowest BCUT2D eigenvalue weighted by molar-refractivity contribution is -0.143. The Balaban J connectivity index is 1.55. The Kier molecular flexibility index (Phi) is 5.87. The molecule has 0 amide bonds. The molecule has 2 fully saturated rings. The molecule has 8 heteroatoms. The minimum absolute atomic E-state index is 0.222. The molecule has 28 heavy (non-hydrogen) atoms. The first-order valence-corrected chi connectivity index (χ1v) is 11.5. The van der Waals surface area contributed by atoms with Crippen LogP contribution in [-0.2, 0) is 30.8 Å². The Hall–Kier alpha value is -1.29. The topological polar surface area (TPSA) is 73.9 Å². The highest BCUT2D eigenvalue weighted by Gasteiger charge is 2.51. The van der Waals surface area contributed by atoms with E-state index in [1.54, 1.807) is 24.3 Å². The third kappa shape index (κ3) is 4.17. The molecule has 0 saturated carbocycles. The highest BCUT2D eigenvalue weighted by Crippen LogP contribution is 2.35. The van der Waals surface area contributed by atoms with Crippen molar-refractivity contribution >= 4 is 26.0 Å². The van der Waals surface area contributed by atoms with Crippen molar-refractivity contribution in [3.63, 3.8) is 0 Å². The summed E-state index contributed by atoms with van der Waals surface area (Å²) < 4.78 is 46.3. The summed E-state index contributed by atoms with van der Waals surface area (Å²) in [5, 5.41) is 0. The molecule has 2 aliphatic rings. The van der Waals surface area contributed by atoms with Gasteiger partial charge in [-0.25, -0.2) is 13.1 Å². The third-order valence-corrected chi connectivity index (χ3v) is 7.44. The van der Waals surface area contributed by atoms with Gasteiger partial charge < -0.3 is 14.2 Å². The van der Waals surface area contributed by atoms with Gasteiger partial charge in [0.1, 0.15) is 12.2 Å². The maximum atomic E-state index is 12.9. The Bertz CT molecular complexity index is 906. The van der Waals surface area contributed by atoms with E-state index in [9.17, 15) is 8.42 Å². The fourth-order valence-electron chi connectivity index (χ4n) is 3.44. The van der Waals surface area contributed by atoms with E-state index in [0.29, 0.717) is 13.2 Å². The number of alkyl halides is 1. The summed E-state index contributed by atoms with van der Waals surface area (Å²) in [7, 11) is -3.72. The lowest BCUT2D eigenvalue weighted by atomic mass is 10.0. The zero-order chi connectivity index (χ0) is 19.7. The lowest BCUT2D eigenvalue weighted by Gasteiger charge is -2.38. The normalized spacial score (nSPS) is 29.7. The molecule has 150 valence electrons. The van der Waals surface area contributed by atoms with Crippen molar-refractivity contribution < 1.29 is 22.6 Å². The minimum atomic E-state index is -3.72. The average Bonchev–Trinajstić information content (AvgIpc) is 3.13. The number of benzene rings is 2. The van der Waals surface area contributed by atoms with Crippen molar-refractivity contribution in [2.45, 2.75) is 47.8 Å². The second-order valence-electron chi connectivity index (χ2n) is 7.04. The Morgan fingerprint density at radius 1 is 1.14 bits per heavy atom. The van der Waals surface area contributed by atoms with Gasteiger partial charge in [-0.3, -0.25) is 0 Å². The number of hydrogen-bond acceptors (Lipinski definition) is 5.